The molecule has 0 atom stereocenters. The van der Waals surface area contributed by atoms with Gasteiger partial charge in [0.15, 0.2) is 23.0 Å². The number of halogens is 1. The topological polar surface area (TPSA) is 117 Å². The number of hydrogen-bond donors (Lipinski definition) is 1. The van der Waals surface area contributed by atoms with Crippen LogP contribution in [-0.4, -0.2) is 55.6 Å². The minimum Gasteiger partial charge on any atom is -0.493 e. The standard InChI is InChI=1S/C21H20ClN5O5S/c1-30-17-8-7-14(13-18(17)31-2)33(28,29)23-11-12-32-20-10-9-19-24-25-21(27(19)26-20)15-5-3-4-6-16(15)22/h3-10,13,23H,11-12H2,1-2H3. The van der Waals surface area contributed by atoms with Crippen molar-refractivity contribution in [3.05, 3.63) is 59.6 Å². The van der Waals surface area contributed by atoms with Crippen molar-refractivity contribution in [3.63, 3.8) is 0 Å². The summed E-state index contributed by atoms with van der Waals surface area (Å²) in [5.41, 5.74) is 1.20. The van der Waals surface area contributed by atoms with Gasteiger partial charge in [0, 0.05) is 24.2 Å². The number of fused-ring (bicyclic) bond motifs is 1. The third-order valence-electron chi connectivity index (χ3n) is 4.66. The van der Waals surface area contributed by atoms with Crippen molar-refractivity contribution in [1.29, 1.82) is 0 Å². The van der Waals surface area contributed by atoms with Gasteiger partial charge in [-0.2, -0.15) is 4.52 Å². The fourth-order valence-electron chi connectivity index (χ4n) is 3.06. The first-order valence-electron chi connectivity index (χ1n) is 9.75. The zero-order chi connectivity index (χ0) is 23.4. The Morgan fingerprint density at radius 2 is 1.79 bits per heavy atom. The molecule has 1 N–H and O–H groups in total. The maximum Gasteiger partial charge on any atom is 0.240 e. The fourth-order valence-corrected chi connectivity index (χ4v) is 4.31. The molecule has 0 bridgehead atoms. The number of benzene rings is 2. The van der Waals surface area contributed by atoms with Crippen molar-refractivity contribution in [2.45, 2.75) is 4.90 Å². The first kappa shape index (κ1) is 22.8. The van der Waals surface area contributed by atoms with Gasteiger partial charge < -0.3 is 14.2 Å². The van der Waals surface area contributed by atoms with Crippen molar-refractivity contribution in [1.82, 2.24) is 24.5 Å². The van der Waals surface area contributed by atoms with Crippen LogP contribution in [0.5, 0.6) is 17.4 Å². The van der Waals surface area contributed by atoms with Crippen molar-refractivity contribution in [3.8, 4) is 28.8 Å². The van der Waals surface area contributed by atoms with Gasteiger partial charge >= 0.3 is 0 Å². The van der Waals surface area contributed by atoms with Gasteiger partial charge in [-0.05, 0) is 30.3 Å². The van der Waals surface area contributed by atoms with E-state index in [1.165, 1.54) is 36.9 Å². The van der Waals surface area contributed by atoms with E-state index < -0.39 is 10.0 Å². The summed E-state index contributed by atoms with van der Waals surface area (Å²) >= 11 is 6.27. The first-order chi connectivity index (χ1) is 15.9. The second-order valence-corrected chi connectivity index (χ2v) is 8.88. The van der Waals surface area contributed by atoms with Gasteiger partial charge in [-0.15, -0.1) is 15.3 Å². The van der Waals surface area contributed by atoms with Crippen LogP contribution in [0.1, 0.15) is 0 Å². The number of hydrogen-bond acceptors (Lipinski definition) is 8. The van der Waals surface area contributed by atoms with Crippen LogP contribution in [0.15, 0.2) is 59.5 Å². The Morgan fingerprint density at radius 3 is 2.55 bits per heavy atom. The van der Waals surface area contributed by atoms with Crippen LogP contribution in [0.3, 0.4) is 0 Å². The molecule has 2 aromatic carbocycles. The lowest BCUT2D eigenvalue weighted by Gasteiger charge is -2.11. The van der Waals surface area contributed by atoms with Crippen LogP contribution in [0.25, 0.3) is 17.0 Å². The predicted octanol–water partition coefficient (Wildman–Crippen LogP) is 2.82. The van der Waals surface area contributed by atoms with Crippen LogP contribution < -0.4 is 18.9 Å². The van der Waals surface area contributed by atoms with E-state index in [4.69, 9.17) is 25.8 Å². The Bertz CT molecular complexity index is 1390. The molecule has 0 fully saturated rings. The predicted molar refractivity (Wildman–Crippen MR) is 121 cm³/mol. The van der Waals surface area contributed by atoms with Gasteiger partial charge in [0.05, 0.1) is 24.1 Å². The summed E-state index contributed by atoms with van der Waals surface area (Å²) in [5.74, 6) is 1.50. The zero-order valence-electron chi connectivity index (χ0n) is 17.7. The summed E-state index contributed by atoms with van der Waals surface area (Å²) < 4.78 is 45.1. The highest BCUT2D eigenvalue weighted by atomic mass is 35.5. The summed E-state index contributed by atoms with van der Waals surface area (Å²) in [6.07, 6.45) is 0. The molecule has 0 aliphatic rings. The quantitative estimate of drug-likeness (QED) is 0.357. The van der Waals surface area contributed by atoms with Gasteiger partial charge in [-0.1, -0.05) is 23.7 Å². The molecule has 33 heavy (non-hydrogen) atoms. The molecule has 2 aromatic heterocycles. The Kier molecular flexibility index (Phi) is 6.63. The summed E-state index contributed by atoms with van der Waals surface area (Å²) in [6.45, 7) is 0.0739. The molecular formula is C21H20ClN5O5S. The molecule has 0 saturated heterocycles. The van der Waals surface area contributed by atoms with E-state index in [2.05, 4.69) is 20.0 Å². The van der Waals surface area contributed by atoms with Crippen molar-refractivity contribution in [2.75, 3.05) is 27.4 Å². The lowest BCUT2D eigenvalue weighted by atomic mass is 10.2. The molecule has 4 aromatic rings. The monoisotopic (exact) mass is 489 g/mol. The highest BCUT2D eigenvalue weighted by Gasteiger charge is 2.17. The van der Waals surface area contributed by atoms with Crippen LogP contribution in [0, 0.1) is 0 Å². The lowest BCUT2D eigenvalue weighted by molar-refractivity contribution is 0.306. The summed E-state index contributed by atoms with van der Waals surface area (Å²) in [4.78, 5) is 0.0496. The highest BCUT2D eigenvalue weighted by molar-refractivity contribution is 7.89. The minimum atomic E-state index is -3.77. The summed E-state index contributed by atoms with van der Waals surface area (Å²) in [6, 6.07) is 14.9. The lowest BCUT2D eigenvalue weighted by Crippen LogP contribution is -2.28. The number of sulfonamides is 1. The molecule has 0 amide bonds. The first-order valence-corrected chi connectivity index (χ1v) is 11.6. The van der Waals surface area contributed by atoms with E-state index in [1.807, 2.05) is 18.2 Å². The molecule has 0 radical (unpaired) electrons. The third kappa shape index (κ3) is 4.85. The number of rotatable bonds is 9. The smallest absolute Gasteiger partial charge is 0.240 e. The molecule has 0 unspecified atom stereocenters. The van der Waals surface area contributed by atoms with E-state index in [-0.39, 0.29) is 23.9 Å². The summed E-state index contributed by atoms with van der Waals surface area (Å²) in [5, 5.41) is 13.2. The van der Waals surface area contributed by atoms with Gasteiger partial charge in [-0.3, -0.25) is 0 Å². The molecule has 4 rings (SSSR count). The average Bonchev–Trinajstić information content (AvgIpc) is 3.24. The Hall–Kier alpha value is -3.41. The molecule has 0 aliphatic carbocycles. The Morgan fingerprint density at radius 1 is 1.00 bits per heavy atom. The van der Waals surface area contributed by atoms with E-state index in [0.29, 0.717) is 33.6 Å². The van der Waals surface area contributed by atoms with Crippen LogP contribution in [-0.2, 0) is 10.0 Å². The largest absolute Gasteiger partial charge is 0.493 e. The molecule has 172 valence electrons. The average molecular weight is 490 g/mol. The Balaban J connectivity index is 1.43. The zero-order valence-corrected chi connectivity index (χ0v) is 19.3. The molecule has 0 aliphatic heterocycles. The second-order valence-electron chi connectivity index (χ2n) is 6.71. The molecular weight excluding hydrogens is 470 g/mol. The maximum absolute atomic E-state index is 12.6. The summed E-state index contributed by atoms with van der Waals surface area (Å²) in [7, 11) is -0.858. The number of aromatic nitrogens is 4. The van der Waals surface area contributed by atoms with Crippen molar-refractivity contribution >= 4 is 27.3 Å². The van der Waals surface area contributed by atoms with Crippen molar-refractivity contribution in [2.24, 2.45) is 0 Å². The number of nitrogens with zero attached hydrogens (tertiary/aromatic N) is 4. The van der Waals surface area contributed by atoms with Gasteiger partial charge in [0.25, 0.3) is 0 Å². The van der Waals surface area contributed by atoms with Gasteiger partial charge in [0.1, 0.15) is 6.61 Å². The second kappa shape index (κ2) is 9.61. The van der Waals surface area contributed by atoms with Crippen LogP contribution in [0.4, 0.5) is 0 Å². The van der Waals surface area contributed by atoms with E-state index in [1.54, 1.807) is 18.2 Å². The number of methoxy groups -OCH3 is 2. The molecule has 0 spiro atoms. The maximum atomic E-state index is 12.6. The molecule has 0 saturated carbocycles. The fraction of sp³-hybridized carbons (Fsp3) is 0.190. The molecule has 10 nitrogen and oxygen atoms in total. The minimum absolute atomic E-state index is 0.0238. The normalized spacial score (nSPS) is 11.5. The molecule has 2 heterocycles. The van der Waals surface area contributed by atoms with E-state index in [9.17, 15) is 8.42 Å². The van der Waals surface area contributed by atoms with Crippen molar-refractivity contribution < 1.29 is 22.6 Å². The van der Waals surface area contributed by atoms with E-state index >= 15 is 0 Å². The molecule has 12 heteroatoms. The SMILES string of the molecule is COc1ccc(S(=O)(=O)NCCOc2ccc3nnc(-c4ccccc4Cl)n3n2)cc1OC. The third-order valence-corrected chi connectivity index (χ3v) is 6.45. The highest BCUT2D eigenvalue weighted by Crippen LogP contribution is 2.29. The Labute approximate surface area is 195 Å². The van der Waals surface area contributed by atoms with E-state index in [0.717, 1.165) is 0 Å². The number of ether oxygens (including phenoxy) is 3. The van der Waals surface area contributed by atoms with Crippen LogP contribution in [0.2, 0.25) is 5.02 Å². The van der Waals surface area contributed by atoms with Gasteiger partial charge in [0.2, 0.25) is 15.9 Å². The van der Waals surface area contributed by atoms with Crippen LogP contribution >= 0.6 is 11.6 Å². The number of nitrogens with one attached hydrogen (secondary N) is 1. The van der Waals surface area contributed by atoms with Gasteiger partial charge in [-0.25, -0.2) is 13.1 Å².